The number of fused-ring (bicyclic) bond motifs is 1. The van der Waals surface area contributed by atoms with E-state index in [0.717, 1.165) is 42.9 Å². The number of rotatable bonds is 6. The van der Waals surface area contributed by atoms with Crippen LogP contribution in [0.2, 0.25) is 0 Å². The number of piperidine rings is 1. The molecule has 0 radical (unpaired) electrons. The van der Waals surface area contributed by atoms with Crippen LogP contribution in [0.25, 0.3) is 11.3 Å². The summed E-state index contributed by atoms with van der Waals surface area (Å²) in [6.45, 7) is 2.38. The molecule has 0 aliphatic carbocycles. The van der Waals surface area contributed by atoms with Gasteiger partial charge in [-0.3, -0.25) is 14.5 Å². The summed E-state index contributed by atoms with van der Waals surface area (Å²) >= 11 is 0. The molecule has 2 amide bonds. The van der Waals surface area contributed by atoms with Gasteiger partial charge in [-0.15, -0.1) is 0 Å². The molecular formula is C29H29FN4O2. The molecule has 5 rings (SSSR count). The van der Waals surface area contributed by atoms with Gasteiger partial charge in [0.05, 0.1) is 23.5 Å². The van der Waals surface area contributed by atoms with Gasteiger partial charge in [-0.05, 0) is 74.0 Å². The lowest BCUT2D eigenvalue weighted by molar-refractivity contribution is -0.119. The lowest BCUT2D eigenvalue weighted by atomic mass is 10.00. The zero-order chi connectivity index (χ0) is 25.1. The normalized spacial score (nSPS) is 16.8. The number of likely N-dealkylation sites (tertiary alicyclic amines) is 1. The Bertz CT molecular complexity index is 1300. The number of anilines is 3. The number of nitrogens with one attached hydrogen (secondary N) is 2. The number of halogens is 1. The van der Waals surface area contributed by atoms with Crippen LogP contribution in [0.15, 0.2) is 72.8 Å². The first-order chi connectivity index (χ1) is 17.5. The van der Waals surface area contributed by atoms with Crippen LogP contribution in [-0.4, -0.2) is 43.4 Å². The molecule has 1 fully saturated rings. The zero-order valence-electron chi connectivity index (χ0n) is 20.3. The Kier molecular flexibility index (Phi) is 6.82. The average molecular weight is 485 g/mol. The summed E-state index contributed by atoms with van der Waals surface area (Å²) in [6, 6.07) is 21.4. The Morgan fingerprint density at radius 2 is 1.72 bits per heavy atom. The number of amides is 2. The Morgan fingerprint density at radius 1 is 1.00 bits per heavy atom. The number of hydrogen-bond acceptors (Lipinski definition) is 4. The van der Waals surface area contributed by atoms with Crippen LogP contribution in [-0.2, 0) is 9.59 Å². The average Bonchev–Trinajstić information content (AvgIpc) is 3.22. The lowest BCUT2D eigenvalue weighted by Crippen LogP contribution is -2.40. The van der Waals surface area contributed by atoms with Crippen molar-refractivity contribution in [2.45, 2.75) is 19.3 Å². The monoisotopic (exact) mass is 484 g/mol. The van der Waals surface area contributed by atoms with Gasteiger partial charge in [0.1, 0.15) is 5.82 Å². The molecule has 0 spiro atoms. The quantitative estimate of drug-likeness (QED) is 0.472. The molecular weight excluding hydrogens is 455 g/mol. The topological polar surface area (TPSA) is 64.7 Å². The van der Waals surface area contributed by atoms with E-state index in [-0.39, 0.29) is 11.8 Å². The van der Waals surface area contributed by atoms with Gasteiger partial charge in [-0.2, -0.15) is 0 Å². The highest BCUT2D eigenvalue weighted by molar-refractivity contribution is 6.37. The van der Waals surface area contributed by atoms with E-state index >= 15 is 0 Å². The van der Waals surface area contributed by atoms with Gasteiger partial charge >= 0.3 is 0 Å². The Morgan fingerprint density at radius 3 is 2.44 bits per heavy atom. The Labute approximate surface area is 210 Å². The van der Waals surface area contributed by atoms with Gasteiger partial charge in [0.2, 0.25) is 5.91 Å². The second-order valence-electron chi connectivity index (χ2n) is 9.22. The van der Waals surface area contributed by atoms with E-state index in [9.17, 15) is 14.0 Å². The van der Waals surface area contributed by atoms with E-state index in [2.05, 4.69) is 15.5 Å². The highest BCUT2D eigenvalue weighted by atomic mass is 19.1. The molecule has 7 heteroatoms. The third kappa shape index (κ3) is 5.02. The maximum absolute atomic E-state index is 13.8. The molecule has 2 aliphatic rings. The first kappa shape index (κ1) is 23.8. The second-order valence-corrected chi connectivity index (χ2v) is 9.22. The summed E-state index contributed by atoms with van der Waals surface area (Å²) in [5.41, 5.74) is 4.58. The maximum Gasteiger partial charge on any atom is 0.258 e. The van der Waals surface area contributed by atoms with E-state index in [1.165, 1.54) is 18.6 Å². The van der Waals surface area contributed by atoms with E-state index in [1.807, 2.05) is 54.6 Å². The number of carbonyl (C=O) groups excluding carboxylic acids is 2. The van der Waals surface area contributed by atoms with Crippen molar-refractivity contribution >= 4 is 40.1 Å². The summed E-state index contributed by atoms with van der Waals surface area (Å²) in [7, 11) is 1.80. The van der Waals surface area contributed by atoms with E-state index in [1.54, 1.807) is 18.0 Å². The minimum absolute atomic E-state index is 0.0659. The van der Waals surface area contributed by atoms with Crippen LogP contribution in [0.3, 0.4) is 0 Å². The molecule has 0 aromatic heterocycles. The van der Waals surface area contributed by atoms with E-state index in [0.29, 0.717) is 29.1 Å². The second kappa shape index (κ2) is 10.3. The molecule has 2 heterocycles. The van der Waals surface area contributed by atoms with Crippen LogP contribution in [0, 0.1) is 5.82 Å². The summed E-state index contributed by atoms with van der Waals surface area (Å²) in [6.07, 6.45) is 3.53. The fourth-order valence-electron chi connectivity index (χ4n) is 4.75. The van der Waals surface area contributed by atoms with Gasteiger partial charge in [0.25, 0.3) is 5.91 Å². The van der Waals surface area contributed by atoms with Crippen molar-refractivity contribution in [3.05, 3.63) is 89.7 Å². The highest BCUT2D eigenvalue weighted by Crippen LogP contribution is 2.38. The van der Waals surface area contributed by atoms with Crippen LogP contribution in [0.5, 0.6) is 0 Å². The van der Waals surface area contributed by atoms with E-state index < -0.39 is 5.82 Å². The van der Waals surface area contributed by atoms with Gasteiger partial charge in [-0.25, -0.2) is 4.39 Å². The zero-order valence-corrected chi connectivity index (χ0v) is 20.3. The van der Waals surface area contributed by atoms with Crippen molar-refractivity contribution in [1.29, 1.82) is 0 Å². The molecule has 2 aliphatic heterocycles. The minimum Gasteiger partial charge on any atom is -0.354 e. The predicted octanol–water partition coefficient (Wildman–Crippen LogP) is 5.21. The molecule has 3 aromatic carbocycles. The molecule has 184 valence electrons. The molecule has 0 atom stereocenters. The van der Waals surface area contributed by atoms with Crippen LogP contribution in [0.1, 0.15) is 30.4 Å². The molecule has 2 N–H and O–H groups in total. The molecule has 1 saturated heterocycles. The van der Waals surface area contributed by atoms with Gasteiger partial charge in [0.15, 0.2) is 0 Å². The first-order valence-electron chi connectivity index (χ1n) is 12.3. The molecule has 0 bridgehead atoms. The van der Waals surface area contributed by atoms with Crippen molar-refractivity contribution in [2.24, 2.45) is 0 Å². The van der Waals surface area contributed by atoms with Crippen molar-refractivity contribution in [3.63, 3.8) is 0 Å². The number of carbonyl (C=O) groups is 2. The number of hydrogen-bond donors (Lipinski definition) is 2. The minimum atomic E-state index is -0.404. The summed E-state index contributed by atoms with van der Waals surface area (Å²) in [4.78, 5) is 29.7. The molecule has 0 saturated carbocycles. The lowest BCUT2D eigenvalue weighted by Gasteiger charge is -2.28. The maximum atomic E-state index is 13.8. The Hall–Kier alpha value is -3.97. The molecule has 3 aromatic rings. The number of likely N-dealkylation sites (N-methyl/N-ethyl adjacent to an activating group) is 1. The smallest absolute Gasteiger partial charge is 0.258 e. The van der Waals surface area contributed by atoms with Gasteiger partial charge < -0.3 is 15.5 Å². The summed E-state index contributed by atoms with van der Waals surface area (Å²) < 4.78 is 13.8. The fourth-order valence-corrected chi connectivity index (χ4v) is 4.75. The Balaban J connectivity index is 1.40. The van der Waals surface area contributed by atoms with Crippen LogP contribution < -0.4 is 15.5 Å². The molecule has 6 nitrogen and oxygen atoms in total. The third-order valence-electron chi connectivity index (χ3n) is 6.74. The standard InChI is InChI=1S/C29H29FN4O2/c1-33(26(35)19-34-16-6-3-7-17-34)23-13-11-22(12-14-23)31-28(20-8-4-2-5-9-20)27-24-15-10-21(30)18-25(24)32-29(27)36/h2,4-5,8-15,18,31H,3,6-7,16-17,19H2,1H3,(H,32,36)/b28-27-. The van der Waals surface area contributed by atoms with Crippen molar-refractivity contribution in [3.8, 4) is 0 Å². The predicted molar refractivity (Wildman–Crippen MR) is 142 cm³/mol. The van der Waals surface area contributed by atoms with Crippen LogP contribution >= 0.6 is 0 Å². The summed E-state index contributed by atoms with van der Waals surface area (Å²) in [5.74, 6) is -0.628. The van der Waals surface area contributed by atoms with Gasteiger partial charge in [0, 0.05) is 24.0 Å². The highest BCUT2D eigenvalue weighted by Gasteiger charge is 2.29. The number of benzene rings is 3. The molecule has 36 heavy (non-hydrogen) atoms. The fraction of sp³-hybridized carbons (Fsp3) is 0.241. The van der Waals surface area contributed by atoms with Crippen molar-refractivity contribution in [1.82, 2.24) is 4.90 Å². The summed E-state index contributed by atoms with van der Waals surface area (Å²) in [5, 5.41) is 6.17. The largest absolute Gasteiger partial charge is 0.354 e. The molecule has 0 unspecified atom stereocenters. The van der Waals surface area contributed by atoms with Crippen LogP contribution in [0.4, 0.5) is 21.5 Å². The third-order valence-corrected chi connectivity index (χ3v) is 6.74. The van der Waals surface area contributed by atoms with Gasteiger partial charge in [-0.1, -0.05) is 36.8 Å². The SMILES string of the molecule is CN(C(=O)CN1CCCCC1)c1ccc(N/C(=C2\C(=O)Nc3cc(F)ccc32)c2ccccc2)cc1. The first-order valence-corrected chi connectivity index (χ1v) is 12.3. The number of nitrogens with zero attached hydrogens (tertiary/aromatic N) is 2. The van der Waals surface area contributed by atoms with Crippen molar-refractivity contribution < 1.29 is 14.0 Å². The van der Waals surface area contributed by atoms with Crippen molar-refractivity contribution in [2.75, 3.05) is 42.2 Å². The van der Waals surface area contributed by atoms with E-state index in [4.69, 9.17) is 0 Å².